The monoisotopic (exact) mass is 271 g/mol. The molecule has 0 bridgehead atoms. The van der Waals surface area contributed by atoms with Gasteiger partial charge >= 0.3 is 0 Å². The van der Waals surface area contributed by atoms with Crippen LogP contribution >= 0.6 is 0 Å². The quantitative estimate of drug-likeness (QED) is 0.586. The van der Waals surface area contributed by atoms with Crippen LogP contribution in [-0.4, -0.2) is 33.9 Å². The lowest BCUT2D eigenvalue weighted by atomic mass is 10.1. The number of rotatable bonds is 4. The number of para-hydroxylation sites is 1. The molecule has 0 fully saturated rings. The fourth-order valence-electron chi connectivity index (χ4n) is 1.66. The molecule has 0 heterocycles. The van der Waals surface area contributed by atoms with Crippen molar-refractivity contribution in [3.05, 3.63) is 53.6 Å². The summed E-state index contributed by atoms with van der Waals surface area (Å²) in [6, 6.07) is 10.3. The number of aromatic hydroxyl groups is 3. The zero-order valence-corrected chi connectivity index (χ0v) is 10.5. The fraction of sp³-hybridized carbons (Fsp3) is 0.0667. The smallest absolute Gasteiger partial charge is 0.187 e. The molecule has 0 spiro atoms. The zero-order valence-electron chi connectivity index (χ0n) is 10.5. The van der Waals surface area contributed by atoms with Crippen LogP contribution in [-0.2, 0) is 0 Å². The fourth-order valence-corrected chi connectivity index (χ4v) is 1.66. The molecule has 0 aliphatic rings. The molecule has 0 aromatic heterocycles. The molecular formula is C15H13NO4. The van der Waals surface area contributed by atoms with Gasteiger partial charge in [0.05, 0.1) is 5.56 Å². The van der Waals surface area contributed by atoms with Crippen LogP contribution in [0.5, 0.6) is 17.2 Å². The maximum absolute atomic E-state index is 11.8. The lowest BCUT2D eigenvalue weighted by molar-refractivity contribution is 0.0999. The molecule has 5 heteroatoms. The summed E-state index contributed by atoms with van der Waals surface area (Å²) >= 11 is 0. The van der Waals surface area contributed by atoms with Crippen molar-refractivity contribution in [3.63, 3.8) is 0 Å². The summed E-state index contributed by atoms with van der Waals surface area (Å²) in [5, 5.41) is 28.2. The van der Waals surface area contributed by atoms with E-state index in [4.69, 9.17) is 5.11 Å². The van der Waals surface area contributed by atoms with Crippen molar-refractivity contribution in [1.82, 2.24) is 0 Å². The van der Waals surface area contributed by atoms with E-state index in [1.54, 1.807) is 12.1 Å². The average Bonchev–Trinajstić information content (AvgIpc) is 2.41. The minimum atomic E-state index is -0.322. The van der Waals surface area contributed by atoms with Gasteiger partial charge in [0.25, 0.3) is 0 Å². The second-order valence-electron chi connectivity index (χ2n) is 4.15. The van der Waals surface area contributed by atoms with Crippen molar-refractivity contribution in [1.29, 1.82) is 0 Å². The molecule has 0 unspecified atom stereocenters. The van der Waals surface area contributed by atoms with Crippen LogP contribution in [0.1, 0.15) is 15.9 Å². The lowest BCUT2D eigenvalue weighted by Crippen LogP contribution is -2.03. The van der Waals surface area contributed by atoms with E-state index in [0.717, 1.165) is 0 Å². The van der Waals surface area contributed by atoms with E-state index in [-0.39, 0.29) is 35.1 Å². The van der Waals surface area contributed by atoms with Gasteiger partial charge in [-0.05, 0) is 24.3 Å². The number of ketones is 1. The predicted octanol–water partition coefficient (Wildman–Crippen LogP) is 2.11. The lowest BCUT2D eigenvalue weighted by Gasteiger charge is -2.01. The average molecular weight is 271 g/mol. The second kappa shape index (κ2) is 5.88. The summed E-state index contributed by atoms with van der Waals surface area (Å²) in [4.78, 5) is 15.7. The Balaban J connectivity index is 2.07. The minimum Gasteiger partial charge on any atom is -0.508 e. The summed E-state index contributed by atoms with van der Waals surface area (Å²) in [5.74, 6) is -0.577. The number of phenolic OH excluding ortho intramolecular Hbond substituents is 3. The van der Waals surface area contributed by atoms with Crippen LogP contribution in [0.4, 0.5) is 0 Å². The van der Waals surface area contributed by atoms with E-state index in [2.05, 4.69) is 4.99 Å². The van der Waals surface area contributed by atoms with Crippen LogP contribution in [0.15, 0.2) is 47.5 Å². The summed E-state index contributed by atoms with van der Waals surface area (Å²) in [6.45, 7) is -0.141. The minimum absolute atomic E-state index is 0.0510. The van der Waals surface area contributed by atoms with Crippen molar-refractivity contribution in [2.75, 3.05) is 6.54 Å². The molecule has 0 amide bonds. The Bertz CT molecular complexity index is 665. The van der Waals surface area contributed by atoms with Gasteiger partial charge in [0.1, 0.15) is 23.8 Å². The van der Waals surface area contributed by atoms with Crippen molar-refractivity contribution < 1.29 is 20.1 Å². The van der Waals surface area contributed by atoms with Crippen LogP contribution in [0.3, 0.4) is 0 Å². The Morgan fingerprint density at radius 2 is 1.80 bits per heavy atom. The van der Waals surface area contributed by atoms with Crippen LogP contribution in [0.2, 0.25) is 0 Å². The highest BCUT2D eigenvalue weighted by Gasteiger charge is 2.08. The molecule has 2 rings (SSSR count). The Kier molecular flexibility index (Phi) is 4.00. The van der Waals surface area contributed by atoms with E-state index in [9.17, 15) is 15.0 Å². The van der Waals surface area contributed by atoms with Gasteiger partial charge in [-0.15, -0.1) is 0 Å². The SMILES string of the molecule is O=C(CN=Cc1ccc(O)cc1O)c1ccccc1O. The summed E-state index contributed by atoms with van der Waals surface area (Å²) in [6.07, 6.45) is 1.34. The van der Waals surface area contributed by atoms with Gasteiger partial charge in [-0.1, -0.05) is 12.1 Å². The standard InChI is InChI=1S/C15H13NO4/c17-11-6-5-10(14(19)7-11)8-16-9-15(20)12-3-1-2-4-13(12)18/h1-8,17-19H,9H2. The second-order valence-corrected chi connectivity index (χ2v) is 4.15. The number of aliphatic imine (C=N–C) groups is 1. The number of nitrogens with zero attached hydrogens (tertiary/aromatic N) is 1. The molecule has 0 aliphatic heterocycles. The van der Waals surface area contributed by atoms with Crippen molar-refractivity contribution in [3.8, 4) is 17.2 Å². The number of benzene rings is 2. The van der Waals surface area contributed by atoms with E-state index in [1.165, 1.54) is 36.5 Å². The van der Waals surface area contributed by atoms with Gasteiger partial charge < -0.3 is 15.3 Å². The molecule has 20 heavy (non-hydrogen) atoms. The maximum atomic E-state index is 11.8. The van der Waals surface area contributed by atoms with Crippen molar-refractivity contribution in [2.45, 2.75) is 0 Å². The van der Waals surface area contributed by atoms with E-state index >= 15 is 0 Å². The molecule has 102 valence electrons. The topological polar surface area (TPSA) is 90.1 Å². The van der Waals surface area contributed by atoms with Gasteiger partial charge in [0.15, 0.2) is 5.78 Å². The summed E-state index contributed by atoms with van der Waals surface area (Å²) in [5.41, 5.74) is 0.604. The Labute approximate surface area is 115 Å². The first-order valence-electron chi connectivity index (χ1n) is 5.91. The van der Waals surface area contributed by atoms with Gasteiger partial charge in [0, 0.05) is 17.8 Å². The third-order valence-electron chi connectivity index (χ3n) is 2.68. The Hall–Kier alpha value is -2.82. The molecule has 2 aromatic rings. The normalized spacial score (nSPS) is 10.8. The third-order valence-corrected chi connectivity index (χ3v) is 2.68. The number of carbonyl (C=O) groups is 1. The van der Waals surface area contributed by atoms with Gasteiger partial charge in [-0.25, -0.2) is 0 Å². The molecule has 0 saturated heterocycles. The number of hydrogen-bond acceptors (Lipinski definition) is 5. The van der Waals surface area contributed by atoms with E-state index in [1.807, 2.05) is 0 Å². The molecule has 3 N–H and O–H groups in total. The van der Waals surface area contributed by atoms with Crippen LogP contribution in [0.25, 0.3) is 0 Å². The highest BCUT2D eigenvalue weighted by molar-refractivity contribution is 6.01. The molecule has 0 radical (unpaired) electrons. The number of phenols is 3. The summed E-state index contributed by atoms with van der Waals surface area (Å²) < 4.78 is 0. The molecule has 2 aromatic carbocycles. The first kappa shape index (κ1) is 13.6. The highest BCUT2D eigenvalue weighted by atomic mass is 16.3. The predicted molar refractivity (Wildman–Crippen MR) is 74.7 cm³/mol. The van der Waals surface area contributed by atoms with E-state index in [0.29, 0.717) is 5.56 Å². The Morgan fingerprint density at radius 3 is 2.50 bits per heavy atom. The van der Waals surface area contributed by atoms with Gasteiger partial charge in [-0.3, -0.25) is 9.79 Å². The van der Waals surface area contributed by atoms with Gasteiger partial charge in [-0.2, -0.15) is 0 Å². The molecule has 5 nitrogen and oxygen atoms in total. The van der Waals surface area contributed by atoms with Crippen molar-refractivity contribution in [2.24, 2.45) is 4.99 Å². The van der Waals surface area contributed by atoms with Gasteiger partial charge in [0.2, 0.25) is 0 Å². The zero-order chi connectivity index (χ0) is 14.5. The molecular weight excluding hydrogens is 258 g/mol. The molecule has 0 atom stereocenters. The number of carbonyl (C=O) groups excluding carboxylic acids is 1. The highest BCUT2D eigenvalue weighted by Crippen LogP contribution is 2.21. The number of hydrogen-bond donors (Lipinski definition) is 3. The largest absolute Gasteiger partial charge is 0.508 e. The number of Topliss-reactive ketones (excluding diaryl/α,β-unsaturated/α-hetero) is 1. The molecule has 0 saturated carbocycles. The Morgan fingerprint density at radius 1 is 1.05 bits per heavy atom. The maximum Gasteiger partial charge on any atom is 0.187 e. The first-order chi connectivity index (χ1) is 9.58. The van der Waals surface area contributed by atoms with Crippen molar-refractivity contribution >= 4 is 12.0 Å². The first-order valence-corrected chi connectivity index (χ1v) is 5.91. The molecule has 0 aliphatic carbocycles. The van der Waals surface area contributed by atoms with E-state index < -0.39 is 0 Å². The third kappa shape index (κ3) is 3.14. The van der Waals surface area contributed by atoms with Crippen LogP contribution in [0, 0.1) is 0 Å². The van der Waals surface area contributed by atoms with Crippen LogP contribution < -0.4 is 0 Å². The summed E-state index contributed by atoms with van der Waals surface area (Å²) in [7, 11) is 0.